The Bertz CT molecular complexity index is 970. The summed E-state index contributed by atoms with van der Waals surface area (Å²) in [6.45, 7) is 5.00. The molecule has 138 valence electrons. The van der Waals surface area contributed by atoms with Crippen molar-refractivity contribution in [3.63, 3.8) is 0 Å². The number of oxazole rings is 1. The van der Waals surface area contributed by atoms with Gasteiger partial charge in [0.05, 0.1) is 6.20 Å². The fraction of sp³-hybridized carbons (Fsp3) is 0.263. The number of rotatable bonds is 4. The molecular weight excluding hydrogens is 344 g/mol. The molecule has 0 spiro atoms. The number of aromatic nitrogens is 3. The Morgan fingerprint density at radius 1 is 1.30 bits per heavy atom. The Balaban J connectivity index is 1.56. The van der Waals surface area contributed by atoms with E-state index in [9.17, 15) is 4.79 Å². The summed E-state index contributed by atoms with van der Waals surface area (Å²) < 4.78 is 5.93. The lowest BCUT2D eigenvalue weighted by atomic mass is 10.1. The first-order chi connectivity index (χ1) is 13.1. The van der Waals surface area contributed by atoms with Gasteiger partial charge in [-0.1, -0.05) is 12.1 Å². The molecule has 0 saturated carbocycles. The monoisotopic (exact) mass is 364 g/mol. The van der Waals surface area contributed by atoms with Crippen LogP contribution in [-0.4, -0.2) is 40.0 Å². The summed E-state index contributed by atoms with van der Waals surface area (Å²) in [5, 5.41) is 6.02. The van der Waals surface area contributed by atoms with Gasteiger partial charge in [-0.3, -0.25) is 4.79 Å². The molecule has 2 N–H and O–H groups in total. The van der Waals surface area contributed by atoms with Crippen molar-refractivity contribution in [3.8, 4) is 11.3 Å². The van der Waals surface area contributed by atoms with Gasteiger partial charge in [-0.15, -0.1) is 0 Å². The van der Waals surface area contributed by atoms with Gasteiger partial charge in [0.2, 0.25) is 11.9 Å². The van der Waals surface area contributed by atoms with Crippen molar-refractivity contribution in [2.45, 2.75) is 19.9 Å². The highest BCUT2D eigenvalue weighted by Crippen LogP contribution is 2.28. The SMILES string of the molecule is Cc1ccnc(Nc2cccc(-c3cnc(N4CCNC(=O)C4C)o3)c2)n1. The molecule has 2 aromatic heterocycles. The number of nitrogens with zero attached hydrogens (tertiary/aromatic N) is 4. The topological polar surface area (TPSA) is 96.2 Å². The lowest BCUT2D eigenvalue weighted by Gasteiger charge is -2.31. The molecule has 0 bridgehead atoms. The third kappa shape index (κ3) is 3.59. The average molecular weight is 364 g/mol. The van der Waals surface area contributed by atoms with Crippen LogP contribution in [0.25, 0.3) is 11.3 Å². The molecule has 1 fully saturated rings. The van der Waals surface area contributed by atoms with E-state index < -0.39 is 0 Å². The van der Waals surface area contributed by atoms with Gasteiger partial charge in [0.25, 0.3) is 6.01 Å². The Labute approximate surface area is 156 Å². The lowest BCUT2D eigenvalue weighted by Crippen LogP contribution is -2.54. The van der Waals surface area contributed by atoms with E-state index in [1.165, 1.54) is 0 Å². The smallest absolute Gasteiger partial charge is 0.298 e. The van der Waals surface area contributed by atoms with Gasteiger partial charge in [0.15, 0.2) is 5.76 Å². The Kier molecular flexibility index (Phi) is 4.45. The second kappa shape index (κ2) is 7.06. The quantitative estimate of drug-likeness (QED) is 0.734. The molecule has 3 aromatic rings. The second-order valence-electron chi connectivity index (χ2n) is 6.39. The van der Waals surface area contributed by atoms with Crippen LogP contribution in [0.1, 0.15) is 12.6 Å². The number of carbonyl (C=O) groups excluding carboxylic acids is 1. The zero-order valence-corrected chi connectivity index (χ0v) is 15.1. The molecule has 1 saturated heterocycles. The molecule has 3 heterocycles. The number of benzene rings is 1. The summed E-state index contributed by atoms with van der Waals surface area (Å²) in [5.74, 6) is 1.15. The van der Waals surface area contributed by atoms with Crippen LogP contribution in [0.3, 0.4) is 0 Å². The molecule has 1 unspecified atom stereocenters. The molecule has 1 atom stereocenters. The Morgan fingerprint density at radius 2 is 2.19 bits per heavy atom. The van der Waals surface area contributed by atoms with E-state index in [4.69, 9.17) is 4.42 Å². The number of aryl methyl sites for hydroxylation is 1. The summed E-state index contributed by atoms with van der Waals surface area (Å²) in [4.78, 5) is 26.6. The molecule has 1 aliphatic rings. The zero-order chi connectivity index (χ0) is 18.8. The van der Waals surface area contributed by atoms with E-state index in [0.717, 1.165) is 16.9 Å². The average Bonchev–Trinajstić information content (AvgIpc) is 3.14. The standard InChI is InChI=1S/C19H20N6O2/c1-12-6-7-21-18(23-12)24-15-5-3-4-14(10-15)16-11-22-19(27-16)25-9-8-20-17(26)13(25)2/h3-7,10-11,13H,8-9H2,1-2H3,(H,20,26)(H,21,23,24). The maximum atomic E-state index is 11.9. The molecule has 8 nitrogen and oxygen atoms in total. The van der Waals surface area contributed by atoms with Crippen molar-refractivity contribution in [2.24, 2.45) is 0 Å². The summed E-state index contributed by atoms with van der Waals surface area (Å²) in [7, 11) is 0. The van der Waals surface area contributed by atoms with Gasteiger partial charge in [-0.05, 0) is 32.0 Å². The van der Waals surface area contributed by atoms with Crippen LogP contribution in [-0.2, 0) is 4.79 Å². The van der Waals surface area contributed by atoms with Crippen LogP contribution >= 0.6 is 0 Å². The zero-order valence-electron chi connectivity index (χ0n) is 15.1. The van der Waals surface area contributed by atoms with Crippen molar-refractivity contribution in [3.05, 3.63) is 48.4 Å². The third-order valence-corrected chi connectivity index (χ3v) is 4.44. The van der Waals surface area contributed by atoms with Gasteiger partial charge < -0.3 is 20.0 Å². The van der Waals surface area contributed by atoms with Gasteiger partial charge in [-0.25, -0.2) is 15.0 Å². The van der Waals surface area contributed by atoms with Crippen molar-refractivity contribution in [1.29, 1.82) is 0 Å². The molecule has 0 aliphatic carbocycles. The first-order valence-electron chi connectivity index (χ1n) is 8.77. The summed E-state index contributed by atoms with van der Waals surface area (Å²) >= 11 is 0. The number of hydrogen-bond donors (Lipinski definition) is 2. The van der Waals surface area contributed by atoms with Crippen LogP contribution in [0.4, 0.5) is 17.7 Å². The summed E-state index contributed by atoms with van der Waals surface area (Å²) in [6.07, 6.45) is 3.39. The first kappa shape index (κ1) is 17.0. The summed E-state index contributed by atoms with van der Waals surface area (Å²) in [6, 6.07) is 9.74. The van der Waals surface area contributed by atoms with Gasteiger partial charge in [0, 0.05) is 36.2 Å². The Morgan fingerprint density at radius 3 is 3.04 bits per heavy atom. The molecule has 8 heteroatoms. The number of carbonyl (C=O) groups is 1. The number of amides is 1. The highest BCUT2D eigenvalue weighted by molar-refractivity contribution is 5.85. The maximum absolute atomic E-state index is 11.9. The maximum Gasteiger partial charge on any atom is 0.298 e. The van der Waals surface area contributed by atoms with E-state index in [1.54, 1.807) is 12.4 Å². The number of hydrogen-bond acceptors (Lipinski definition) is 7. The minimum Gasteiger partial charge on any atom is -0.423 e. The minimum atomic E-state index is -0.309. The van der Waals surface area contributed by atoms with E-state index >= 15 is 0 Å². The fourth-order valence-electron chi connectivity index (χ4n) is 2.96. The van der Waals surface area contributed by atoms with Gasteiger partial charge >= 0.3 is 0 Å². The van der Waals surface area contributed by atoms with Crippen molar-refractivity contribution in [2.75, 3.05) is 23.3 Å². The van der Waals surface area contributed by atoms with Crippen molar-refractivity contribution >= 4 is 23.6 Å². The van der Waals surface area contributed by atoms with Crippen LogP contribution < -0.4 is 15.5 Å². The van der Waals surface area contributed by atoms with Crippen LogP contribution in [0.5, 0.6) is 0 Å². The largest absolute Gasteiger partial charge is 0.423 e. The van der Waals surface area contributed by atoms with E-state index in [1.807, 2.05) is 49.1 Å². The minimum absolute atomic E-state index is 0.0228. The number of nitrogens with one attached hydrogen (secondary N) is 2. The van der Waals surface area contributed by atoms with Crippen LogP contribution in [0.2, 0.25) is 0 Å². The fourth-order valence-corrected chi connectivity index (χ4v) is 2.96. The number of piperazine rings is 1. The highest BCUT2D eigenvalue weighted by Gasteiger charge is 2.28. The first-order valence-corrected chi connectivity index (χ1v) is 8.77. The molecule has 4 rings (SSSR count). The second-order valence-corrected chi connectivity index (χ2v) is 6.39. The van der Waals surface area contributed by atoms with Crippen molar-refractivity contribution in [1.82, 2.24) is 20.3 Å². The number of anilines is 3. The van der Waals surface area contributed by atoms with E-state index in [0.29, 0.717) is 30.8 Å². The van der Waals surface area contributed by atoms with Crippen LogP contribution in [0, 0.1) is 6.92 Å². The highest BCUT2D eigenvalue weighted by atomic mass is 16.4. The predicted octanol–water partition coefficient (Wildman–Crippen LogP) is 2.51. The molecule has 27 heavy (non-hydrogen) atoms. The molecular formula is C19H20N6O2. The lowest BCUT2D eigenvalue weighted by molar-refractivity contribution is -0.123. The van der Waals surface area contributed by atoms with E-state index in [-0.39, 0.29) is 11.9 Å². The normalized spacial score (nSPS) is 16.9. The molecule has 1 aromatic carbocycles. The Hall–Kier alpha value is -3.42. The van der Waals surface area contributed by atoms with E-state index in [2.05, 4.69) is 25.6 Å². The van der Waals surface area contributed by atoms with Crippen molar-refractivity contribution < 1.29 is 9.21 Å². The third-order valence-electron chi connectivity index (χ3n) is 4.44. The molecule has 0 radical (unpaired) electrons. The van der Waals surface area contributed by atoms with Crippen LogP contribution in [0.15, 0.2) is 47.1 Å². The van der Waals surface area contributed by atoms with Gasteiger partial charge in [-0.2, -0.15) is 0 Å². The predicted molar refractivity (Wildman–Crippen MR) is 102 cm³/mol. The molecule has 1 amide bonds. The molecule has 1 aliphatic heterocycles. The van der Waals surface area contributed by atoms with Gasteiger partial charge in [0.1, 0.15) is 6.04 Å². The summed E-state index contributed by atoms with van der Waals surface area (Å²) in [5.41, 5.74) is 2.62.